The maximum atomic E-state index is 13.2. The van der Waals surface area contributed by atoms with E-state index in [-0.39, 0.29) is 18.0 Å². The molecule has 1 N–H and O–H groups in total. The molecule has 1 aromatic carbocycles. The highest BCUT2D eigenvalue weighted by atomic mass is 79.9. The molecule has 2 rings (SSSR count). The lowest BCUT2D eigenvalue weighted by Crippen LogP contribution is -2.42. The number of carbonyl (C=O) groups is 2. The Morgan fingerprint density at radius 3 is 2.55 bits per heavy atom. The van der Waals surface area contributed by atoms with Crippen LogP contribution in [0.3, 0.4) is 0 Å². The zero-order chi connectivity index (χ0) is 14.5. The van der Waals surface area contributed by atoms with Crippen molar-refractivity contribution in [2.24, 2.45) is 0 Å². The van der Waals surface area contributed by atoms with Gasteiger partial charge in [-0.25, -0.2) is 4.39 Å². The van der Waals surface area contributed by atoms with Crippen LogP contribution in [0.2, 0.25) is 0 Å². The number of nitrogens with zero attached hydrogens (tertiary/aromatic N) is 1. The molecule has 1 aliphatic rings. The fourth-order valence-corrected chi connectivity index (χ4v) is 2.66. The number of piperidine rings is 1. The molecule has 0 bridgehead atoms. The van der Waals surface area contributed by atoms with Gasteiger partial charge in [-0.1, -0.05) is 15.9 Å². The number of halogens is 2. The first-order chi connectivity index (χ1) is 9.56. The molecule has 1 heterocycles. The molecule has 1 aromatic rings. The zero-order valence-corrected chi connectivity index (χ0v) is 12.6. The van der Waals surface area contributed by atoms with Crippen LogP contribution in [0.1, 0.15) is 29.6 Å². The minimum absolute atomic E-state index is 0.0486. The lowest BCUT2D eigenvalue weighted by Gasteiger charge is -2.26. The molecule has 6 heteroatoms. The molecule has 0 radical (unpaired) electrons. The van der Waals surface area contributed by atoms with Crippen LogP contribution in [0.15, 0.2) is 22.7 Å². The van der Waals surface area contributed by atoms with Gasteiger partial charge in [0.25, 0.3) is 5.91 Å². The third-order valence-electron chi connectivity index (χ3n) is 3.23. The van der Waals surface area contributed by atoms with Crippen LogP contribution < -0.4 is 5.32 Å². The van der Waals surface area contributed by atoms with Crippen molar-refractivity contribution in [3.63, 3.8) is 0 Å². The quantitative estimate of drug-likeness (QED) is 0.916. The third kappa shape index (κ3) is 4.03. The standard InChI is InChI=1S/C14H16BrFN2O2/c15-11-6-10(7-12(16)8-11)14(20)17-9-13(19)18-4-2-1-3-5-18/h6-8H,1-5,9H2,(H,17,20). The van der Waals surface area contributed by atoms with Gasteiger partial charge in [0.05, 0.1) is 6.54 Å². The van der Waals surface area contributed by atoms with Gasteiger partial charge in [0.15, 0.2) is 0 Å². The summed E-state index contributed by atoms with van der Waals surface area (Å²) in [6.45, 7) is 1.45. The topological polar surface area (TPSA) is 49.4 Å². The summed E-state index contributed by atoms with van der Waals surface area (Å²) in [5.41, 5.74) is 0.198. The molecule has 1 saturated heterocycles. The molecule has 20 heavy (non-hydrogen) atoms. The SMILES string of the molecule is O=C(NCC(=O)N1CCCCC1)c1cc(F)cc(Br)c1. The summed E-state index contributed by atoms with van der Waals surface area (Å²) in [6, 6.07) is 3.94. The van der Waals surface area contributed by atoms with Crippen LogP contribution in [-0.4, -0.2) is 36.3 Å². The minimum atomic E-state index is -0.494. The molecule has 108 valence electrons. The Bertz CT molecular complexity index is 496. The van der Waals surface area contributed by atoms with Crippen molar-refractivity contribution in [1.29, 1.82) is 0 Å². The Morgan fingerprint density at radius 2 is 1.90 bits per heavy atom. The number of benzene rings is 1. The van der Waals surface area contributed by atoms with Gasteiger partial charge in [-0.2, -0.15) is 0 Å². The highest BCUT2D eigenvalue weighted by molar-refractivity contribution is 9.10. The van der Waals surface area contributed by atoms with Gasteiger partial charge in [-0.3, -0.25) is 9.59 Å². The van der Waals surface area contributed by atoms with E-state index in [2.05, 4.69) is 21.2 Å². The molecule has 0 atom stereocenters. The Labute approximate surface area is 125 Å². The minimum Gasteiger partial charge on any atom is -0.343 e. The summed E-state index contributed by atoms with van der Waals surface area (Å²) < 4.78 is 13.7. The van der Waals surface area contributed by atoms with Gasteiger partial charge in [-0.05, 0) is 37.5 Å². The molecule has 4 nitrogen and oxygen atoms in total. The zero-order valence-electron chi connectivity index (χ0n) is 11.0. The van der Waals surface area contributed by atoms with E-state index in [1.165, 1.54) is 12.1 Å². The van der Waals surface area contributed by atoms with Gasteiger partial charge in [0.1, 0.15) is 5.82 Å². The highest BCUT2D eigenvalue weighted by Gasteiger charge is 2.17. The van der Waals surface area contributed by atoms with E-state index in [0.29, 0.717) is 4.47 Å². The van der Waals surface area contributed by atoms with E-state index in [0.717, 1.165) is 38.4 Å². The molecular weight excluding hydrogens is 327 g/mol. The molecule has 2 amide bonds. The van der Waals surface area contributed by atoms with Crippen LogP contribution >= 0.6 is 15.9 Å². The Hall–Kier alpha value is -1.43. The number of amides is 2. The summed E-state index contributed by atoms with van der Waals surface area (Å²) in [6.07, 6.45) is 3.17. The monoisotopic (exact) mass is 342 g/mol. The van der Waals surface area contributed by atoms with Crippen LogP contribution in [-0.2, 0) is 4.79 Å². The smallest absolute Gasteiger partial charge is 0.251 e. The first kappa shape index (κ1) is 15.0. The summed E-state index contributed by atoms with van der Waals surface area (Å²) in [7, 11) is 0. The van der Waals surface area contributed by atoms with Crippen molar-refractivity contribution in [1.82, 2.24) is 10.2 Å². The number of hydrogen-bond donors (Lipinski definition) is 1. The van der Waals surface area contributed by atoms with Crippen molar-refractivity contribution in [2.75, 3.05) is 19.6 Å². The number of hydrogen-bond acceptors (Lipinski definition) is 2. The summed E-state index contributed by atoms with van der Waals surface area (Å²) in [4.78, 5) is 25.5. The van der Waals surface area contributed by atoms with Crippen LogP contribution in [0.5, 0.6) is 0 Å². The fourth-order valence-electron chi connectivity index (χ4n) is 2.20. The van der Waals surface area contributed by atoms with E-state index in [4.69, 9.17) is 0 Å². The number of likely N-dealkylation sites (tertiary alicyclic amines) is 1. The summed E-state index contributed by atoms with van der Waals surface area (Å²) >= 11 is 3.13. The first-order valence-corrected chi connectivity index (χ1v) is 7.37. The van der Waals surface area contributed by atoms with Gasteiger partial charge >= 0.3 is 0 Å². The predicted octanol–water partition coefficient (Wildman–Crippen LogP) is 2.33. The maximum Gasteiger partial charge on any atom is 0.251 e. The summed E-state index contributed by atoms with van der Waals surface area (Å²) in [5.74, 6) is -1.03. The van der Waals surface area contributed by atoms with Crippen molar-refractivity contribution in [2.45, 2.75) is 19.3 Å². The Kier molecular flexibility index (Phi) is 5.11. The predicted molar refractivity (Wildman–Crippen MR) is 76.9 cm³/mol. The largest absolute Gasteiger partial charge is 0.343 e. The van der Waals surface area contributed by atoms with E-state index < -0.39 is 11.7 Å². The Balaban J connectivity index is 1.89. The lowest BCUT2D eigenvalue weighted by atomic mass is 10.1. The molecule has 0 aromatic heterocycles. The molecule has 0 unspecified atom stereocenters. The lowest BCUT2D eigenvalue weighted by molar-refractivity contribution is -0.130. The molecule has 1 fully saturated rings. The van der Waals surface area contributed by atoms with E-state index in [9.17, 15) is 14.0 Å². The number of nitrogens with one attached hydrogen (secondary N) is 1. The fraction of sp³-hybridized carbons (Fsp3) is 0.429. The van der Waals surface area contributed by atoms with Crippen molar-refractivity contribution < 1.29 is 14.0 Å². The van der Waals surface area contributed by atoms with Crippen LogP contribution in [0.25, 0.3) is 0 Å². The van der Waals surface area contributed by atoms with Crippen molar-refractivity contribution in [3.05, 3.63) is 34.1 Å². The van der Waals surface area contributed by atoms with Gasteiger partial charge in [-0.15, -0.1) is 0 Å². The molecular formula is C14H16BrFN2O2. The maximum absolute atomic E-state index is 13.2. The molecule has 0 aliphatic carbocycles. The Morgan fingerprint density at radius 1 is 1.20 bits per heavy atom. The first-order valence-electron chi connectivity index (χ1n) is 6.58. The normalized spacial score (nSPS) is 15.0. The third-order valence-corrected chi connectivity index (χ3v) is 3.69. The van der Waals surface area contributed by atoms with E-state index in [1.54, 1.807) is 4.90 Å². The number of rotatable bonds is 3. The molecule has 0 saturated carbocycles. The molecule has 0 spiro atoms. The number of carbonyl (C=O) groups excluding carboxylic acids is 2. The van der Waals surface area contributed by atoms with Crippen LogP contribution in [0.4, 0.5) is 4.39 Å². The second-order valence-electron chi connectivity index (χ2n) is 4.78. The van der Waals surface area contributed by atoms with Gasteiger partial charge < -0.3 is 10.2 Å². The van der Waals surface area contributed by atoms with Gasteiger partial charge in [0.2, 0.25) is 5.91 Å². The highest BCUT2D eigenvalue weighted by Crippen LogP contribution is 2.15. The van der Waals surface area contributed by atoms with Crippen molar-refractivity contribution >= 4 is 27.7 Å². The molecule has 1 aliphatic heterocycles. The van der Waals surface area contributed by atoms with E-state index >= 15 is 0 Å². The second kappa shape index (κ2) is 6.83. The average Bonchev–Trinajstić information content (AvgIpc) is 2.44. The van der Waals surface area contributed by atoms with Gasteiger partial charge in [0, 0.05) is 23.1 Å². The van der Waals surface area contributed by atoms with Crippen LogP contribution in [0, 0.1) is 5.82 Å². The average molecular weight is 343 g/mol. The second-order valence-corrected chi connectivity index (χ2v) is 5.70. The van der Waals surface area contributed by atoms with Crippen molar-refractivity contribution in [3.8, 4) is 0 Å². The summed E-state index contributed by atoms with van der Waals surface area (Å²) in [5, 5.41) is 2.53. The van der Waals surface area contributed by atoms with E-state index in [1.807, 2.05) is 0 Å².